The van der Waals surface area contributed by atoms with Crippen molar-refractivity contribution in [1.29, 1.82) is 0 Å². The van der Waals surface area contributed by atoms with Gasteiger partial charge in [0.15, 0.2) is 5.16 Å². The SMILES string of the molecule is CCCn1c(S[C@H](C)C(=O)NC[C@H](CC)c2ccccc2)n[nH]c1=O. The zero-order chi connectivity index (χ0) is 18.2. The van der Waals surface area contributed by atoms with Crippen molar-refractivity contribution in [3.63, 3.8) is 0 Å². The molecule has 2 aromatic rings. The molecule has 25 heavy (non-hydrogen) atoms. The van der Waals surface area contributed by atoms with E-state index in [1.54, 1.807) is 4.57 Å². The van der Waals surface area contributed by atoms with E-state index in [2.05, 4.69) is 34.6 Å². The Labute approximate surface area is 152 Å². The van der Waals surface area contributed by atoms with Crippen molar-refractivity contribution in [2.45, 2.75) is 56.5 Å². The van der Waals surface area contributed by atoms with E-state index in [4.69, 9.17) is 0 Å². The van der Waals surface area contributed by atoms with Crippen molar-refractivity contribution in [3.05, 3.63) is 46.4 Å². The molecule has 7 heteroatoms. The van der Waals surface area contributed by atoms with Crippen molar-refractivity contribution in [1.82, 2.24) is 20.1 Å². The van der Waals surface area contributed by atoms with E-state index in [0.717, 1.165) is 12.8 Å². The van der Waals surface area contributed by atoms with Gasteiger partial charge in [0, 0.05) is 19.0 Å². The maximum Gasteiger partial charge on any atom is 0.343 e. The first kappa shape index (κ1) is 19.3. The Balaban J connectivity index is 1.93. The molecule has 0 saturated carbocycles. The van der Waals surface area contributed by atoms with E-state index in [9.17, 15) is 9.59 Å². The molecule has 1 heterocycles. The summed E-state index contributed by atoms with van der Waals surface area (Å²) in [6.45, 7) is 7.15. The molecule has 0 unspecified atom stereocenters. The highest BCUT2D eigenvalue weighted by Crippen LogP contribution is 2.21. The number of nitrogens with zero attached hydrogens (tertiary/aromatic N) is 2. The summed E-state index contributed by atoms with van der Waals surface area (Å²) in [5.74, 6) is 0.254. The lowest BCUT2D eigenvalue weighted by Crippen LogP contribution is -2.34. The van der Waals surface area contributed by atoms with Crippen molar-refractivity contribution in [2.75, 3.05) is 6.54 Å². The second-order valence-corrected chi connectivity index (χ2v) is 7.29. The molecular weight excluding hydrogens is 336 g/mol. The topological polar surface area (TPSA) is 79.8 Å². The Hall–Kier alpha value is -2.02. The fourth-order valence-electron chi connectivity index (χ4n) is 2.62. The van der Waals surface area contributed by atoms with Crippen molar-refractivity contribution in [3.8, 4) is 0 Å². The summed E-state index contributed by atoms with van der Waals surface area (Å²) in [5.41, 5.74) is 1.00. The molecule has 0 radical (unpaired) electrons. The number of rotatable bonds is 9. The average molecular weight is 362 g/mol. The van der Waals surface area contributed by atoms with Gasteiger partial charge in [0.2, 0.25) is 5.91 Å². The number of aromatic amines is 1. The standard InChI is InChI=1S/C18H26N4O2S/c1-4-11-22-17(24)20-21-18(22)25-13(3)16(23)19-12-14(5-2)15-9-7-6-8-10-15/h6-10,13-14H,4-5,11-12H2,1-3H3,(H,19,23)(H,20,24)/t13-,14+/m1/s1. The molecule has 2 rings (SSSR count). The van der Waals surface area contributed by atoms with Gasteiger partial charge in [0.05, 0.1) is 5.25 Å². The number of benzene rings is 1. The first-order chi connectivity index (χ1) is 12.1. The Morgan fingerprint density at radius 2 is 2.04 bits per heavy atom. The molecule has 0 bridgehead atoms. The highest BCUT2D eigenvalue weighted by molar-refractivity contribution is 8.00. The van der Waals surface area contributed by atoms with Crippen LogP contribution < -0.4 is 11.0 Å². The van der Waals surface area contributed by atoms with Gasteiger partial charge in [-0.3, -0.25) is 9.36 Å². The number of carbonyl (C=O) groups is 1. The molecule has 1 aromatic carbocycles. The monoisotopic (exact) mass is 362 g/mol. The van der Waals surface area contributed by atoms with Crippen LogP contribution in [0.4, 0.5) is 0 Å². The summed E-state index contributed by atoms with van der Waals surface area (Å²) in [5, 5.41) is 9.74. The molecule has 0 aliphatic rings. The van der Waals surface area contributed by atoms with Gasteiger partial charge in [-0.1, -0.05) is 55.9 Å². The normalized spacial score (nSPS) is 13.4. The van der Waals surface area contributed by atoms with Crippen LogP contribution in [-0.4, -0.2) is 32.5 Å². The Kier molecular flexibility index (Phi) is 7.31. The third kappa shape index (κ3) is 5.22. The summed E-state index contributed by atoms with van der Waals surface area (Å²) in [6, 6.07) is 10.2. The van der Waals surface area contributed by atoms with Gasteiger partial charge in [-0.2, -0.15) is 0 Å². The lowest BCUT2D eigenvalue weighted by molar-refractivity contribution is -0.120. The molecular formula is C18H26N4O2S. The van der Waals surface area contributed by atoms with Gasteiger partial charge in [-0.15, -0.1) is 5.10 Å². The fourth-order valence-corrected chi connectivity index (χ4v) is 3.52. The molecule has 2 N–H and O–H groups in total. The highest BCUT2D eigenvalue weighted by Gasteiger charge is 2.20. The van der Waals surface area contributed by atoms with E-state index in [1.165, 1.54) is 17.3 Å². The number of hydrogen-bond acceptors (Lipinski definition) is 4. The summed E-state index contributed by atoms with van der Waals surface area (Å²) < 4.78 is 1.58. The van der Waals surface area contributed by atoms with Crippen LogP contribution in [0.5, 0.6) is 0 Å². The van der Waals surface area contributed by atoms with E-state index >= 15 is 0 Å². The number of nitrogens with one attached hydrogen (secondary N) is 2. The molecule has 136 valence electrons. The molecule has 0 saturated heterocycles. The van der Waals surface area contributed by atoms with Crippen LogP contribution in [-0.2, 0) is 11.3 Å². The average Bonchev–Trinajstić information content (AvgIpc) is 2.96. The number of thioether (sulfide) groups is 1. The number of amides is 1. The molecule has 0 aliphatic carbocycles. The zero-order valence-electron chi connectivity index (χ0n) is 15.0. The van der Waals surface area contributed by atoms with Gasteiger partial charge < -0.3 is 5.32 Å². The third-order valence-corrected chi connectivity index (χ3v) is 5.20. The van der Waals surface area contributed by atoms with Gasteiger partial charge in [-0.25, -0.2) is 9.89 Å². The third-order valence-electron chi connectivity index (χ3n) is 4.11. The highest BCUT2D eigenvalue weighted by atomic mass is 32.2. The first-order valence-electron chi connectivity index (χ1n) is 8.71. The molecule has 0 fully saturated rings. The van der Waals surface area contributed by atoms with Crippen LogP contribution in [0.2, 0.25) is 0 Å². The predicted molar refractivity (Wildman–Crippen MR) is 101 cm³/mol. The Morgan fingerprint density at radius 3 is 2.68 bits per heavy atom. The van der Waals surface area contributed by atoms with Crippen LogP contribution in [0.1, 0.15) is 45.1 Å². The molecule has 2 atom stereocenters. The number of carbonyl (C=O) groups excluding carboxylic acids is 1. The van der Waals surface area contributed by atoms with Gasteiger partial charge >= 0.3 is 5.69 Å². The largest absolute Gasteiger partial charge is 0.355 e. The molecule has 1 aromatic heterocycles. The molecule has 6 nitrogen and oxygen atoms in total. The van der Waals surface area contributed by atoms with Crippen LogP contribution in [0, 0.1) is 0 Å². The minimum absolute atomic E-state index is 0.0436. The van der Waals surface area contributed by atoms with Crippen molar-refractivity contribution in [2.24, 2.45) is 0 Å². The predicted octanol–water partition coefficient (Wildman–Crippen LogP) is 2.77. The van der Waals surface area contributed by atoms with Gasteiger partial charge in [0.1, 0.15) is 0 Å². The van der Waals surface area contributed by atoms with E-state index < -0.39 is 0 Å². The van der Waals surface area contributed by atoms with E-state index in [1.807, 2.05) is 32.0 Å². The first-order valence-corrected chi connectivity index (χ1v) is 9.59. The maximum absolute atomic E-state index is 12.4. The second-order valence-electron chi connectivity index (χ2n) is 5.98. The van der Waals surface area contributed by atoms with E-state index in [0.29, 0.717) is 24.2 Å². The quantitative estimate of drug-likeness (QED) is 0.672. The maximum atomic E-state index is 12.4. The molecule has 1 amide bonds. The van der Waals surface area contributed by atoms with Crippen LogP contribution in [0.3, 0.4) is 0 Å². The van der Waals surface area contributed by atoms with Gasteiger partial charge in [0.25, 0.3) is 0 Å². The van der Waals surface area contributed by atoms with Crippen LogP contribution in [0.15, 0.2) is 40.3 Å². The fraction of sp³-hybridized carbons (Fsp3) is 0.500. The number of hydrogen-bond donors (Lipinski definition) is 2. The summed E-state index contributed by atoms with van der Waals surface area (Å²) in [6.07, 6.45) is 1.80. The van der Waals surface area contributed by atoms with E-state index in [-0.39, 0.29) is 16.8 Å². The van der Waals surface area contributed by atoms with Crippen molar-refractivity contribution >= 4 is 17.7 Å². The van der Waals surface area contributed by atoms with Crippen LogP contribution in [0.25, 0.3) is 0 Å². The van der Waals surface area contributed by atoms with Crippen molar-refractivity contribution < 1.29 is 4.79 Å². The number of H-pyrrole nitrogens is 1. The van der Waals surface area contributed by atoms with Gasteiger partial charge in [-0.05, 0) is 25.3 Å². The Morgan fingerprint density at radius 1 is 1.32 bits per heavy atom. The minimum Gasteiger partial charge on any atom is -0.355 e. The lowest BCUT2D eigenvalue weighted by atomic mass is 9.96. The molecule has 0 spiro atoms. The smallest absolute Gasteiger partial charge is 0.343 e. The lowest BCUT2D eigenvalue weighted by Gasteiger charge is -2.18. The summed E-state index contributed by atoms with van der Waals surface area (Å²) >= 11 is 1.30. The summed E-state index contributed by atoms with van der Waals surface area (Å²) in [4.78, 5) is 24.1. The summed E-state index contributed by atoms with van der Waals surface area (Å²) in [7, 11) is 0. The minimum atomic E-state index is -0.320. The second kappa shape index (κ2) is 9.46. The Bertz CT molecular complexity index is 726. The van der Waals surface area contributed by atoms with Crippen LogP contribution >= 0.6 is 11.8 Å². The number of aromatic nitrogens is 3. The molecule has 0 aliphatic heterocycles. The zero-order valence-corrected chi connectivity index (χ0v) is 15.8.